The Morgan fingerprint density at radius 3 is 2.96 bits per heavy atom. The zero-order valence-electron chi connectivity index (χ0n) is 13.8. The zero-order valence-corrected chi connectivity index (χ0v) is 14.6. The molecule has 4 rings (SSSR count). The van der Waals surface area contributed by atoms with Crippen LogP contribution in [0.15, 0.2) is 24.3 Å². The molecule has 2 N–H and O–H groups in total. The molecule has 1 aromatic heterocycles. The van der Waals surface area contributed by atoms with E-state index in [1.807, 2.05) is 0 Å². The van der Waals surface area contributed by atoms with Crippen LogP contribution in [0.5, 0.6) is 0 Å². The largest absolute Gasteiger partial charge is 0.378 e. The molecular weight excluding hydrogens is 341 g/mol. The van der Waals surface area contributed by atoms with Gasteiger partial charge in [0.25, 0.3) is 0 Å². The first-order valence-electron chi connectivity index (χ1n) is 8.58. The lowest BCUT2D eigenvalue weighted by Gasteiger charge is -2.27. The van der Waals surface area contributed by atoms with E-state index in [9.17, 15) is 9.18 Å². The highest BCUT2D eigenvalue weighted by Gasteiger charge is 2.29. The van der Waals surface area contributed by atoms with Gasteiger partial charge >= 0.3 is 0 Å². The number of aromatic nitrogens is 1. The Hall–Kier alpha value is -1.83. The van der Waals surface area contributed by atoms with Crippen molar-refractivity contribution >= 4 is 17.2 Å². The Labute approximate surface area is 149 Å². The second-order valence-corrected chi connectivity index (χ2v) is 7.40. The van der Waals surface area contributed by atoms with Crippen LogP contribution in [-0.4, -0.2) is 36.7 Å². The summed E-state index contributed by atoms with van der Waals surface area (Å²) in [6.07, 6.45) is 2.83. The van der Waals surface area contributed by atoms with Crippen LogP contribution in [-0.2, 0) is 16.0 Å². The summed E-state index contributed by atoms with van der Waals surface area (Å²) in [5, 5.41) is 7.21. The Balaban J connectivity index is 1.53. The number of hydrogen-bond acceptors (Lipinski definition) is 5. The van der Waals surface area contributed by atoms with Gasteiger partial charge in [0.05, 0.1) is 29.8 Å². The number of hydrogen-bond donors (Lipinski definition) is 2. The first-order chi connectivity index (χ1) is 12.2. The summed E-state index contributed by atoms with van der Waals surface area (Å²) < 4.78 is 18.5. The minimum absolute atomic E-state index is 0.00771. The van der Waals surface area contributed by atoms with E-state index >= 15 is 0 Å². The fourth-order valence-corrected chi connectivity index (χ4v) is 4.48. The van der Waals surface area contributed by atoms with Crippen molar-refractivity contribution in [2.75, 3.05) is 19.8 Å². The second kappa shape index (κ2) is 7.19. The van der Waals surface area contributed by atoms with Crippen LogP contribution >= 0.6 is 11.3 Å². The standard InChI is InChI=1S/C18H20FN3O2S/c19-12-6-4-11(5-7-12)18-22-14-3-1-2-13(16(14)25-18)21-17(23)15-10-24-9-8-20-15/h4-7,13,15,20H,1-3,8-10H2,(H,21,23). The molecule has 5 nitrogen and oxygen atoms in total. The third kappa shape index (κ3) is 3.58. The zero-order chi connectivity index (χ0) is 17.2. The van der Waals surface area contributed by atoms with Gasteiger partial charge in [0.1, 0.15) is 16.9 Å². The molecule has 132 valence electrons. The number of ether oxygens (including phenoxy) is 1. The minimum Gasteiger partial charge on any atom is -0.378 e. The number of fused-ring (bicyclic) bond motifs is 1. The van der Waals surface area contributed by atoms with Crippen LogP contribution in [0, 0.1) is 5.82 Å². The van der Waals surface area contributed by atoms with E-state index in [1.54, 1.807) is 23.5 Å². The van der Waals surface area contributed by atoms with E-state index < -0.39 is 0 Å². The Morgan fingerprint density at radius 1 is 1.36 bits per heavy atom. The number of benzene rings is 1. The van der Waals surface area contributed by atoms with Gasteiger partial charge in [-0.1, -0.05) is 0 Å². The van der Waals surface area contributed by atoms with Gasteiger partial charge in [-0.05, 0) is 43.5 Å². The quantitative estimate of drug-likeness (QED) is 0.881. The smallest absolute Gasteiger partial charge is 0.240 e. The Morgan fingerprint density at radius 2 is 2.20 bits per heavy atom. The average Bonchev–Trinajstić information content (AvgIpc) is 3.08. The van der Waals surface area contributed by atoms with Crippen molar-refractivity contribution < 1.29 is 13.9 Å². The van der Waals surface area contributed by atoms with Gasteiger partial charge in [-0.2, -0.15) is 0 Å². The Bertz CT molecular complexity index is 756. The fraction of sp³-hybridized carbons (Fsp3) is 0.444. The molecule has 1 aliphatic carbocycles. The van der Waals surface area contributed by atoms with Gasteiger partial charge in [-0.3, -0.25) is 4.79 Å². The van der Waals surface area contributed by atoms with Crippen molar-refractivity contribution in [3.8, 4) is 10.6 Å². The van der Waals surface area contributed by atoms with E-state index in [1.165, 1.54) is 12.1 Å². The van der Waals surface area contributed by atoms with Crippen LogP contribution in [0.2, 0.25) is 0 Å². The lowest BCUT2D eigenvalue weighted by atomic mass is 9.97. The van der Waals surface area contributed by atoms with Crippen LogP contribution in [0.4, 0.5) is 4.39 Å². The number of carbonyl (C=O) groups is 1. The fourth-order valence-electron chi connectivity index (χ4n) is 3.28. The molecule has 1 fully saturated rings. The van der Waals surface area contributed by atoms with Crippen LogP contribution in [0.25, 0.3) is 10.6 Å². The molecule has 2 unspecified atom stereocenters. The van der Waals surface area contributed by atoms with Gasteiger partial charge in [-0.25, -0.2) is 9.37 Å². The molecule has 2 aromatic rings. The molecule has 0 bridgehead atoms. The molecule has 1 aliphatic heterocycles. The second-order valence-electron chi connectivity index (χ2n) is 6.37. The SMILES string of the molecule is O=C(NC1CCCc2nc(-c3ccc(F)cc3)sc21)C1COCCN1. The lowest BCUT2D eigenvalue weighted by molar-refractivity contribution is -0.126. The molecule has 1 aromatic carbocycles. The van der Waals surface area contributed by atoms with Crippen molar-refractivity contribution in [1.29, 1.82) is 0 Å². The molecule has 0 saturated carbocycles. The molecule has 0 radical (unpaired) electrons. The van der Waals surface area contributed by atoms with Crippen molar-refractivity contribution in [3.05, 3.63) is 40.7 Å². The first kappa shape index (κ1) is 16.6. The number of thiazole rings is 1. The van der Waals surface area contributed by atoms with Gasteiger partial charge in [-0.15, -0.1) is 11.3 Å². The monoisotopic (exact) mass is 361 g/mol. The van der Waals surface area contributed by atoms with Crippen molar-refractivity contribution in [2.45, 2.75) is 31.3 Å². The summed E-state index contributed by atoms with van der Waals surface area (Å²) in [5.74, 6) is -0.272. The number of rotatable bonds is 3. The van der Waals surface area contributed by atoms with Gasteiger partial charge in [0.2, 0.25) is 5.91 Å². The third-order valence-electron chi connectivity index (χ3n) is 4.60. The first-order valence-corrected chi connectivity index (χ1v) is 9.39. The van der Waals surface area contributed by atoms with Gasteiger partial charge < -0.3 is 15.4 Å². The molecule has 25 heavy (non-hydrogen) atoms. The summed E-state index contributed by atoms with van der Waals surface area (Å²) >= 11 is 1.59. The van der Waals surface area contributed by atoms with E-state index in [0.717, 1.165) is 40.4 Å². The van der Waals surface area contributed by atoms with E-state index in [0.29, 0.717) is 19.8 Å². The molecule has 2 heterocycles. The average molecular weight is 361 g/mol. The molecular formula is C18H20FN3O2S. The highest BCUT2D eigenvalue weighted by Crippen LogP contribution is 2.38. The topological polar surface area (TPSA) is 63.2 Å². The number of nitrogens with one attached hydrogen (secondary N) is 2. The van der Waals surface area contributed by atoms with Crippen molar-refractivity contribution in [3.63, 3.8) is 0 Å². The molecule has 0 spiro atoms. The summed E-state index contributed by atoms with van der Waals surface area (Å²) in [5.41, 5.74) is 1.96. The number of morpholine rings is 1. The molecule has 1 saturated heterocycles. The van der Waals surface area contributed by atoms with E-state index in [4.69, 9.17) is 9.72 Å². The summed E-state index contributed by atoms with van der Waals surface area (Å²) in [4.78, 5) is 18.3. The van der Waals surface area contributed by atoms with E-state index in [-0.39, 0.29) is 23.8 Å². The maximum Gasteiger partial charge on any atom is 0.240 e. The normalized spacial score (nSPS) is 23.1. The third-order valence-corrected chi connectivity index (χ3v) is 5.86. The van der Waals surface area contributed by atoms with Crippen LogP contribution in [0.3, 0.4) is 0 Å². The minimum atomic E-state index is -0.288. The molecule has 2 aliphatic rings. The predicted molar refractivity (Wildman–Crippen MR) is 93.9 cm³/mol. The summed E-state index contributed by atoms with van der Waals surface area (Å²) in [6.45, 7) is 1.76. The summed E-state index contributed by atoms with van der Waals surface area (Å²) in [6, 6.07) is 6.09. The molecule has 1 amide bonds. The number of halogens is 1. The number of amides is 1. The summed E-state index contributed by atoms with van der Waals surface area (Å²) in [7, 11) is 0. The Kier molecular flexibility index (Phi) is 4.78. The maximum atomic E-state index is 13.1. The number of aryl methyl sites for hydroxylation is 1. The van der Waals surface area contributed by atoms with Crippen LogP contribution < -0.4 is 10.6 Å². The molecule has 7 heteroatoms. The lowest BCUT2D eigenvalue weighted by Crippen LogP contribution is -2.52. The number of nitrogens with zero attached hydrogens (tertiary/aromatic N) is 1. The highest BCUT2D eigenvalue weighted by molar-refractivity contribution is 7.15. The maximum absolute atomic E-state index is 13.1. The predicted octanol–water partition coefficient (Wildman–Crippen LogP) is 2.43. The van der Waals surface area contributed by atoms with Crippen LogP contribution in [0.1, 0.15) is 29.5 Å². The number of carbonyl (C=O) groups excluding carboxylic acids is 1. The van der Waals surface area contributed by atoms with Gasteiger partial charge in [0, 0.05) is 12.1 Å². The van der Waals surface area contributed by atoms with Crippen molar-refractivity contribution in [1.82, 2.24) is 15.6 Å². The van der Waals surface area contributed by atoms with E-state index in [2.05, 4.69) is 10.6 Å². The van der Waals surface area contributed by atoms with Crippen molar-refractivity contribution in [2.24, 2.45) is 0 Å². The van der Waals surface area contributed by atoms with Gasteiger partial charge in [0.15, 0.2) is 0 Å². The highest BCUT2D eigenvalue weighted by atomic mass is 32.1. The molecule has 2 atom stereocenters.